The fourth-order valence-corrected chi connectivity index (χ4v) is 6.43. The highest BCUT2D eigenvalue weighted by atomic mass is 16.2. The van der Waals surface area contributed by atoms with E-state index >= 15 is 0 Å². The molecule has 5 heteroatoms. The Bertz CT molecular complexity index is 549. The Kier molecular flexibility index (Phi) is 5.35. The monoisotopic (exact) mass is 360 g/mol. The predicted molar refractivity (Wildman–Crippen MR) is 100 cm³/mol. The van der Waals surface area contributed by atoms with Crippen LogP contribution in [0.15, 0.2) is 11.6 Å². The molecule has 0 aromatic carbocycles. The number of carbonyl (C=O) groups is 2. The summed E-state index contributed by atoms with van der Waals surface area (Å²) in [5.41, 5.74) is 1.73. The van der Waals surface area contributed by atoms with E-state index in [1.54, 1.807) is 0 Å². The first-order valence-electron chi connectivity index (χ1n) is 10.7. The van der Waals surface area contributed by atoms with Gasteiger partial charge in [-0.05, 0) is 69.1 Å². The average Bonchev–Trinajstić information content (AvgIpc) is 2.60. The van der Waals surface area contributed by atoms with E-state index in [4.69, 9.17) is 0 Å². The quantitative estimate of drug-likeness (QED) is 0.636. The molecule has 4 bridgehead atoms. The molecule has 0 atom stereocenters. The summed E-state index contributed by atoms with van der Waals surface area (Å²) in [5, 5.41) is 7.60. The Hall–Kier alpha value is -1.36. The van der Waals surface area contributed by atoms with Crippen molar-refractivity contribution in [2.24, 2.45) is 17.8 Å². The zero-order valence-electron chi connectivity index (χ0n) is 15.9. The summed E-state index contributed by atoms with van der Waals surface area (Å²) in [4.78, 5) is 24.1. The standard InChI is InChI=1S/C21H33N3O2/c25-19(24-20(26)22-7-6-15-4-2-1-3-5-15)14-23-21-11-16-8-17(12-21)10-18(9-16)13-21/h4,16-18,23H,1-3,5-14H2,(H2,22,24,25,26)/p+1. The Labute approximate surface area is 156 Å². The number of imide groups is 1. The van der Waals surface area contributed by atoms with Gasteiger partial charge in [-0.1, -0.05) is 11.6 Å². The van der Waals surface area contributed by atoms with E-state index in [1.165, 1.54) is 63.4 Å². The van der Waals surface area contributed by atoms with E-state index in [2.05, 4.69) is 22.0 Å². The highest BCUT2D eigenvalue weighted by Crippen LogP contribution is 2.54. The first-order valence-corrected chi connectivity index (χ1v) is 10.7. The number of nitrogens with one attached hydrogen (secondary N) is 2. The van der Waals surface area contributed by atoms with Crippen LogP contribution >= 0.6 is 0 Å². The molecular formula is C21H34N3O2+. The van der Waals surface area contributed by atoms with Gasteiger partial charge in [0.05, 0.1) is 5.54 Å². The van der Waals surface area contributed by atoms with Gasteiger partial charge in [-0.2, -0.15) is 0 Å². The van der Waals surface area contributed by atoms with Crippen molar-refractivity contribution in [3.05, 3.63) is 11.6 Å². The highest BCUT2D eigenvalue weighted by Gasteiger charge is 2.53. The number of urea groups is 1. The minimum atomic E-state index is -0.342. The third-order valence-electron chi connectivity index (χ3n) is 7.18. The number of hydrogen-bond donors (Lipinski definition) is 3. The molecule has 0 aromatic rings. The molecule has 26 heavy (non-hydrogen) atoms. The molecule has 0 unspecified atom stereocenters. The van der Waals surface area contributed by atoms with E-state index < -0.39 is 0 Å². The van der Waals surface area contributed by atoms with Crippen molar-refractivity contribution < 1.29 is 14.9 Å². The summed E-state index contributed by atoms with van der Waals surface area (Å²) in [6.07, 6.45) is 16.1. The maximum Gasteiger partial charge on any atom is 0.321 e. The largest absolute Gasteiger partial charge is 0.337 e. The summed E-state index contributed by atoms with van der Waals surface area (Å²) >= 11 is 0. The average molecular weight is 361 g/mol. The molecule has 0 aromatic heterocycles. The van der Waals surface area contributed by atoms with Crippen molar-refractivity contribution in [3.8, 4) is 0 Å². The van der Waals surface area contributed by atoms with Gasteiger partial charge in [0.2, 0.25) is 0 Å². The van der Waals surface area contributed by atoms with Crippen LogP contribution in [-0.4, -0.2) is 30.6 Å². The van der Waals surface area contributed by atoms with Gasteiger partial charge in [0, 0.05) is 25.8 Å². The van der Waals surface area contributed by atoms with Gasteiger partial charge in [0.25, 0.3) is 5.91 Å². The molecular weight excluding hydrogens is 326 g/mol. The lowest BCUT2D eigenvalue weighted by Crippen LogP contribution is -3.00. The number of rotatable bonds is 6. The van der Waals surface area contributed by atoms with Crippen LogP contribution < -0.4 is 16.0 Å². The molecule has 4 fully saturated rings. The van der Waals surface area contributed by atoms with Crippen molar-refractivity contribution in [1.29, 1.82) is 0 Å². The van der Waals surface area contributed by atoms with Crippen LogP contribution in [-0.2, 0) is 4.79 Å². The molecule has 4 saturated carbocycles. The van der Waals surface area contributed by atoms with Crippen molar-refractivity contribution >= 4 is 11.9 Å². The Morgan fingerprint density at radius 1 is 1.08 bits per heavy atom. The van der Waals surface area contributed by atoms with Crippen LogP contribution in [0, 0.1) is 17.8 Å². The van der Waals surface area contributed by atoms with Crippen molar-refractivity contribution in [3.63, 3.8) is 0 Å². The maximum atomic E-state index is 12.2. The van der Waals surface area contributed by atoms with E-state index in [9.17, 15) is 9.59 Å². The van der Waals surface area contributed by atoms with Gasteiger partial charge in [-0.3, -0.25) is 10.1 Å². The Morgan fingerprint density at radius 2 is 1.77 bits per heavy atom. The van der Waals surface area contributed by atoms with Gasteiger partial charge < -0.3 is 10.6 Å². The summed E-state index contributed by atoms with van der Waals surface area (Å²) in [6.45, 7) is 0.994. The minimum Gasteiger partial charge on any atom is -0.337 e. The van der Waals surface area contributed by atoms with E-state index in [1.807, 2.05) is 0 Å². The molecule has 5 aliphatic rings. The molecule has 0 spiro atoms. The third-order valence-corrected chi connectivity index (χ3v) is 7.18. The lowest BCUT2D eigenvalue weighted by Gasteiger charge is -2.54. The number of nitrogens with two attached hydrogens (primary N) is 1. The second-order valence-corrected chi connectivity index (χ2v) is 9.35. The number of allylic oxidation sites excluding steroid dienone is 1. The molecule has 0 aliphatic heterocycles. The zero-order chi connectivity index (χ0) is 18.0. The molecule has 144 valence electrons. The fraction of sp³-hybridized carbons (Fsp3) is 0.810. The molecule has 5 rings (SSSR count). The lowest BCUT2D eigenvalue weighted by molar-refractivity contribution is -0.730. The minimum absolute atomic E-state index is 0.157. The van der Waals surface area contributed by atoms with Crippen LogP contribution in [0.1, 0.15) is 70.6 Å². The Balaban J connectivity index is 1.16. The smallest absolute Gasteiger partial charge is 0.321 e. The van der Waals surface area contributed by atoms with Gasteiger partial charge in [0.15, 0.2) is 6.54 Å². The fourth-order valence-electron chi connectivity index (χ4n) is 6.43. The van der Waals surface area contributed by atoms with Gasteiger partial charge >= 0.3 is 6.03 Å². The van der Waals surface area contributed by atoms with E-state index in [0.717, 1.165) is 30.6 Å². The van der Waals surface area contributed by atoms with E-state index in [-0.39, 0.29) is 17.5 Å². The van der Waals surface area contributed by atoms with Crippen molar-refractivity contribution in [2.75, 3.05) is 13.1 Å². The number of amides is 3. The number of carbonyl (C=O) groups excluding carboxylic acids is 2. The Morgan fingerprint density at radius 3 is 2.38 bits per heavy atom. The molecule has 0 saturated heterocycles. The zero-order valence-corrected chi connectivity index (χ0v) is 15.9. The summed E-state index contributed by atoms with van der Waals surface area (Å²) in [5.74, 6) is 2.50. The van der Waals surface area contributed by atoms with Crippen LogP contribution in [0.25, 0.3) is 0 Å². The second kappa shape index (κ2) is 7.71. The SMILES string of the molecule is O=C(C[NH2+]C12CC3CC(CC(C3)C1)C2)NC(=O)NCCC1=CCCCC1. The first-order chi connectivity index (χ1) is 12.6. The molecule has 5 aliphatic carbocycles. The lowest BCUT2D eigenvalue weighted by atomic mass is 9.53. The maximum absolute atomic E-state index is 12.2. The number of quaternary nitrogens is 1. The van der Waals surface area contributed by atoms with Crippen LogP contribution in [0.5, 0.6) is 0 Å². The highest BCUT2D eigenvalue weighted by molar-refractivity contribution is 5.94. The van der Waals surface area contributed by atoms with Crippen LogP contribution in [0.4, 0.5) is 4.79 Å². The normalized spacial score (nSPS) is 35.1. The van der Waals surface area contributed by atoms with E-state index in [0.29, 0.717) is 13.1 Å². The molecule has 0 radical (unpaired) electrons. The topological polar surface area (TPSA) is 74.8 Å². The second-order valence-electron chi connectivity index (χ2n) is 9.35. The summed E-state index contributed by atoms with van der Waals surface area (Å²) in [7, 11) is 0. The summed E-state index contributed by atoms with van der Waals surface area (Å²) in [6, 6.07) is -0.342. The molecule has 3 amide bonds. The van der Waals surface area contributed by atoms with Gasteiger partial charge in [-0.15, -0.1) is 0 Å². The van der Waals surface area contributed by atoms with Crippen molar-refractivity contribution in [1.82, 2.24) is 10.6 Å². The predicted octanol–water partition coefficient (Wildman–Crippen LogP) is 2.23. The number of hydrogen-bond acceptors (Lipinski definition) is 2. The molecule has 0 heterocycles. The molecule has 4 N–H and O–H groups in total. The van der Waals surface area contributed by atoms with Crippen LogP contribution in [0.2, 0.25) is 0 Å². The van der Waals surface area contributed by atoms with Crippen molar-refractivity contribution in [2.45, 2.75) is 76.2 Å². The van der Waals surface area contributed by atoms with Crippen LogP contribution in [0.3, 0.4) is 0 Å². The molecule has 5 nitrogen and oxygen atoms in total. The summed E-state index contributed by atoms with van der Waals surface area (Å²) < 4.78 is 0. The van der Waals surface area contributed by atoms with Gasteiger partial charge in [-0.25, -0.2) is 4.79 Å². The first kappa shape index (κ1) is 18.0. The van der Waals surface area contributed by atoms with Gasteiger partial charge in [0.1, 0.15) is 0 Å². The third kappa shape index (κ3) is 4.30.